The number of carbonyl (C=O) groups excluding carboxylic acids is 3. The zero-order valence-corrected chi connectivity index (χ0v) is 21.1. The highest BCUT2D eigenvalue weighted by molar-refractivity contribution is 9.09. The average Bonchev–Trinajstić information content (AvgIpc) is 2.75. The van der Waals surface area contributed by atoms with Crippen LogP contribution in [-0.4, -0.2) is 69.8 Å². The van der Waals surface area contributed by atoms with Gasteiger partial charge < -0.3 is 14.5 Å². The Morgan fingerprint density at radius 2 is 2.00 bits per heavy atom. The molecule has 2 heterocycles. The van der Waals surface area contributed by atoms with Crippen molar-refractivity contribution in [2.45, 2.75) is 24.5 Å². The molecule has 0 bridgehead atoms. The Morgan fingerprint density at radius 1 is 1.32 bits per heavy atom. The molecule has 2 unspecified atom stereocenters. The van der Waals surface area contributed by atoms with Crippen LogP contribution in [0.1, 0.15) is 0 Å². The van der Waals surface area contributed by atoms with Crippen LogP contribution < -0.4 is 10.1 Å². The van der Waals surface area contributed by atoms with Gasteiger partial charge >= 0.3 is 5.97 Å². The molecule has 1 fully saturated rings. The van der Waals surface area contributed by atoms with E-state index in [4.69, 9.17) is 20.8 Å². The molecular formula is C19H22BrClN2O6SSi. The van der Waals surface area contributed by atoms with Gasteiger partial charge in [0.2, 0.25) is 0 Å². The summed E-state index contributed by atoms with van der Waals surface area (Å²) in [7, 11) is -3.94. The van der Waals surface area contributed by atoms with Crippen LogP contribution >= 0.6 is 27.5 Å². The molecule has 0 aromatic heterocycles. The molecule has 8 nitrogen and oxygen atoms in total. The first-order valence-corrected chi connectivity index (χ1v) is 15.6. The summed E-state index contributed by atoms with van der Waals surface area (Å²) < 4.78 is 23.7. The van der Waals surface area contributed by atoms with Crippen LogP contribution in [0, 0.1) is 0 Å². The molecule has 2 aliphatic rings. The number of fused-ring (bicyclic) bond motifs is 1. The predicted molar refractivity (Wildman–Crippen MR) is 123 cm³/mol. The second kappa shape index (κ2) is 9.84. The second-order valence-electron chi connectivity index (χ2n) is 7.64. The van der Waals surface area contributed by atoms with Gasteiger partial charge in [-0.3, -0.25) is 18.7 Å². The van der Waals surface area contributed by atoms with Gasteiger partial charge in [-0.05, 0) is 30.8 Å². The number of nitrogens with zero attached hydrogens (tertiary/aromatic N) is 1. The summed E-state index contributed by atoms with van der Waals surface area (Å²) in [5.41, 5.74) is 0.812. The van der Waals surface area contributed by atoms with Crippen molar-refractivity contribution in [1.82, 2.24) is 10.2 Å². The van der Waals surface area contributed by atoms with Crippen LogP contribution in [0.2, 0.25) is 13.1 Å². The molecule has 12 heteroatoms. The van der Waals surface area contributed by atoms with E-state index in [2.05, 4.69) is 21.2 Å². The van der Waals surface area contributed by atoms with Gasteiger partial charge in [0.25, 0.3) is 20.1 Å². The van der Waals surface area contributed by atoms with E-state index in [1.54, 1.807) is 37.4 Å². The van der Waals surface area contributed by atoms with Crippen molar-refractivity contribution in [3.8, 4) is 5.75 Å². The lowest BCUT2D eigenvalue weighted by Crippen LogP contribution is -2.74. The average molecular weight is 550 g/mol. The number of carbonyl (C=O) groups is 3. The lowest BCUT2D eigenvalue weighted by atomic mass is 10.0. The van der Waals surface area contributed by atoms with Crippen molar-refractivity contribution in [2.24, 2.45) is 0 Å². The summed E-state index contributed by atoms with van der Waals surface area (Å²) in [5.74, 6) is -1.07. The molecule has 1 aromatic carbocycles. The van der Waals surface area contributed by atoms with E-state index in [0.29, 0.717) is 11.3 Å². The summed E-state index contributed by atoms with van der Waals surface area (Å²) in [6, 6.07) is 7.78. The fourth-order valence-corrected chi connectivity index (χ4v) is 6.38. The van der Waals surface area contributed by atoms with Crippen LogP contribution in [-0.2, 0) is 29.6 Å². The third-order valence-electron chi connectivity index (χ3n) is 4.68. The SMILES string of the molecule is C[Si](C)(CCl)OC(=O)C1=C(CBr)CS(=O)[C@@H]2C(NC(=O)COc3ccccc3)C(=O)N12. The molecule has 0 saturated carbocycles. The first-order chi connectivity index (χ1) is 14.7. The molecule has 2 aliphatic heterocycles. The molecule has 1 aromatic rings. The maximum atomic E-state index is 12.8. The first-order valence-electron chi connectivity index (χ1n) is 9.43. The minimum atomic E-state index is -2.45. The van der Waals surface area contributed by atoms with Gasteiger partial charge in [0.05, 0.1) is 22.1 Å². The van der Waals surface area contributed by atoms with Crippen LogP contribution in [0.15, 0.2) is 41.6 Å². The Kier molecular flexibility index (Phi) is 7.61. The Balaban J connectivity index is 1.72. The summed E-state index contributed by atoms with van der Waals surface area (Å²) in [6.07, 6.45) is 0. The number of rotatable bonds is 8. The lowest BCUT2D eigenvalue weighted by molar-refractivity contribution is -0.150. The third kappa shape index (κ3) is 5.21. The normalized spacial score (nSPS) is 23.0. The molecule has 168 valence electrons. The Labute approximate surface area is 197 Å². The van der Waals surface area contributed by atoms with Crippen LogP contribution in [0.5, 0.6) is 5.75 Å². The summed E-state index contributed by atoms with van der Waals surface area (Å²) >= 11 is 9.20. The van der Waals surface area contributed by atoms with Gasteiger partial charge in [0.15, 0.2) is 6.61 Å². The molecule has 31 heavy (non-hydrogen) atoms. The van der Waals surface area contributed by atoms with Crippen molar-refractivity contribution < 1.29 is 27.8 Å². The van der Waals surface area contributed by atoms with Gasteiger partial charge in [-0.15, -0.1) is 11.6 Å². The van der Waals surface area contributed by atoms with E-state index in [1.807, 2.05) is 6.07 Å². The van der Waals surface area contributed by atoms with E-state index in [0.717, 1.165) is 0 Å². The molecular weight excluding hydrogens is 528 g/mol. The van der Waals surface area contributed by atoms with Gasteiger partial charge in [-0.25, -0.2) is 4.79 Å². The number of nitrogens with one attached hydrogen (secondary N) is 1. The highest BCUT2D eigenvalue weighted by Crippen LogP contribution is 2.36. The number of benzene rings is 1. The molecule has 0 aliphatic carbocycles. The van der Waals surface area contributed by atoms with Crippen molar-refractivity contribution in [3.05, 3.63) is 41.6 Å². The zero-order valence-electron chi connectivity index (χ0n) is 16.9. The van der Waals surface area contributed by atoms with Crippen LogP contribution in [0.25, 0.3) is 0 Å². The summed E-state index contributed by atoms with van der Waals surface area (Å²) in [5, 5.41) is 2.01. The van der Waals surface area contributed by atoms with Crippen LogP contribution in [0.4, 0.5) is 0 Å². The molecule has 1 N–H and O–H groups in total. The Bertz CT molecular complexity index is 945. The standard InChI is InChI=1S/C19H22BrClN2O6SSi/c1-31(2,11-21)29-19(26)16-12(8-20)10-30(27)18-15(17(25)23(16)18)22-14(24)9-28-13-6-4-3-5-7-13/h3-7,15,18H,8-11H2,1-2H3,(H,22,24)/t15?,18-,30?/m1/s1. The van der Waals surface area contributed by atoms with Crippen molar-refractivity contribution in [2.75, 3.05) is 23.2 Å². The minimum Gasteiger partial charge on any atom is -0.514 e. The van der Waals surface area contributed by atoms with Gasteiger partial charge in [0, 0.05) is 5.33 Å². The van der Waals surface area contributed by atoms with Gasteiger partial charge in [-0.2, -0.15) is 0 Å². The van der Waals surface area contributed by atoms with E-state index in [9.17, 15) is 18.6 Å². The summed E-state index contributed by atoms with van der Waals surface area (Å²) in [4.78, 5) is 39.1. The van der Waals surface area contributed by atoms with E-state index < -0.39 is 48.3 Å². The van der Waals surface area contributed by atoms with Crippen LogP contribution in [0.3, 0.4) is 0 Å². The smallest absolute Gasteiger partial charge is 0.341 e. The number of alkyl halides is 2. The molecule has 3 atom stereocenters. The number of β-lactam (4-membered cyclic amide) rings is 1. The minimum absolute atomic E-state index is 0.0863. The Hall–Kier alpha value is -1.69. The quantitative estimate of drug-likeness (QED) is 0.301. The maximum absolute atomic E-state index is 12.8. The second-order valence-corrected chi connectivity index (χ2v) is 14.5. The predicted octanol–water partition coefficient (Wildman–Crippen LogP) is 1.66. The third-order valence-corrected chi connectivity index (χ3v) is 10.3. The van der Waals surface area contributed by atoms with Crippen molar-refractivity contribution >= 4 is 64.4 Å². The Morgan fingerprint density at radius 3 is 2.61 bits per heavy atom. The summed E-state index contributed by atoms with van der Waals surface area (Å²) in [6.45, 7) is 3.29. The van der Waals surface area contributed by atoms with E-state index in [1.165, 1.54) is 4.90 Å². The molecule has 3 rings (SSSR count). The molecule has 0 spiro atoms. The van der Waals surface area contributed by atoms with Crippen molar-refractivity contribution in [3.63, 3.8) is 0 Å². The number of para-hydroxylation sites is 1. The largest absolute Gasteiger partial charge is 0.514 e. The zero-order chi connectivity index (χ0) is 22.8. The molecule has 2 amide bonds. The monoisotopic (exact) mass is 548 g/mol. The van der Waals surface area contributed by atoms with Crippen molar-refractivity contribution in [1.29, 1.82) is 0 Å². The first kappa shape index (κ1) is 24.0. The number of halogens is 2. The number of hydrogen-bond donors (Lipinski definition) is 1. The van der Waals surface area contributed by atoms with Gasteiger partial charge in [-0.1, -0.05) is 34.1 Å². The van der Waals surface area contributed by atoms with E-state index >= 15 is 0 Å². The number of amides is 2. The maximum Gasteiger partial charge on any atom is 0.341 e. The number of hydrogen-bond acceptors (Lipinski definition) is 6. The lowest BCUT2D eigenvalue weighted by Gasteiger charge is -2.49. The molecule has 0 radical (unpaired) electrons. The van der Waals surface area contributed by atoms with Gasteiger partial charge in [0.1, 0.15) is 22.9 Å². The molecule has 1 saturated heterocycles. The fraction of sp³-hybridized carbons (Fsp3) is 0.421. The fourth-order valence-electron chi connectivity index (χ4n) is 3.15. The van der Waals surface area contributed by atoms with E-state index in [-0.39, 0.29) is 28.9 Å². The topological polar surface area (TPSA) is 102 Å². The highest BCUT2D eigenvalue weighted by Gasteiger charge is 2.57. The highest BCUT2D eigenvalue weighted by atomic mass is 79.9. The number of ether oxygens (including phenoxy) is 1.